The summed E-state index contributed by atoms with van der Waals surface area (Å²) in [5.41, 5.74) is 2.99. The molecule has 0 atom stereocenters. The summed E-state index contributed by atoms with van der Waals surface area (Å²) in [7, 11) is 1.60. The first-order valence-corrected chi connectivity index (χ1v) is 7.52. The van der Waals surface area contributed by atoms with Gasteiger partial charge in [-0.15, -0.1) is 12.4 Å². The Morgan fingerprint density at radius 2 is 2.04 bits per heavy atom. The van der Waals surface area contributed by atoms with Crippen molar-refractivity contribution in [2.45, 2.75) is 13.0 Å². The predicted molar refractivity (Wildman–Crippen MR) is 93.3 cm³/mol. The number of para-hydroxylation sites is 1. The van der Waals surface area contributed by atoms with Crippen LogP contribution >= 0.6 is 12.4 Å². The summed E-state index contributed by atoms with van der Waals surface area (Å²) in [4.78, 5) is 25.9. The molecule has 0 aliphatic carbocycles. The van der Waals surface area contributed by atoms with Crippen LogP contribution in [0.3, 0.4) is 0 Å². The number of likely N-dealkylation sites (N-methyl/N-ethyl adjacent to an activating group) is 1. The van der Waals surface area contributed by atoms with E-state index >= 15 is 0 Å². The van der Waals surface area contributed by atoms with Crippen molar-refractivity contribution >= 4 is 29.9 Å². The fourth-order valence-corrected chi connectivity index (χ4v) is 2.59. The molecule has 7 nitrogen and oxygen atoms in total. The van der Waals surface area contributed by atoms with E-state index in [-0.39, 0.29) is 30.8 Å². The van der Waals surface area contributed by atoms with Crippen LogP contribution in [-0.4, -0.2) is 47.0 Å². The molecule has 24 heavy (non-hydrogen) atoms. The summed E-state index contributed by atoms with van der Waals surface area (Å²) < 4.78 is 0. The summed E-state index contributed by atoms with van der Waals surface area (Å²) in [6.07, 6.45) is 0.827. The van der Waals surface area contributed by atoms with Crippen LogP contribution in [-0.2, 0) is 17.8 Å². The Balaban J connectivity index is 0.00000208. The van der Waals surface area contributed by atoms with Crippen LogP contribution in [0.5, 0.6) is 0 Å². The minimum Gasteiger partial charge on any atom is -0.331 e. The summed E-state index contributed by atoms with van der Waals surface area (Å²) in [5.74, 6) is -0.496. The van der Waals surface area contributed by atoms with E-state index in [0.717, 1.165) is 24.2 Å². The first-order valence-electron chi connectivity index (χ1n) is 7.52. The van der Waals surface area contributed by atoms with Gasteiger partial charge in [0.05, 0.1) is 6.54 Å². The predicted octanol–water partition coefficient (Wildman–Crippen LogP) is 1.19. The molecule has 0 fully saturated rings. The summed E-state index contributed by atoms with van der Waals surface area (Å²) >= 11 is 0. The third-order valence-electron chi connectivity index (χ3n) is 3.79. The molecule has 2 aromatic rings. The Morgan fingerprint density at radius 1 is 1.29 bits per heavy atom. The molecule has 3 rings (SSSR count). The van der Waals surface area contributed by atoms with Gasteiger partial charge in [-0.05, 0) is 12.1 Å². The summed E-state index contributed by atoms with van der Waals surface area (Å²) in [6.45, 7) is 1.47. The van der Waals surface area contributed by atoms with Gasteiger partial charge in [-0.25, -0.2) is 0 Å². The van der Waals surface area contributed by atoms with E-state index in [0.29, 0.717) is 17.9 Å². The van der Waals surface area contributed by atoms with Gasteiger partial charge in [-0.3, -0.25) is 14.7 Å². The van der Waals surface area contributed by atoms with Gasteiger partial charge >= 0.3 is 0 Å². The topological polar surface area (TPSA) is 90.1 Å². The second kappa shape index (κ2) is 7.94. The monoisotopic (exact) mass is 349 g/mol. The van der Waals surface area contributed by atoms with Crippen molar-refractivity contribution in [3.8, 4) is 0 Å². The standard InChI is InChI=1S/C16H19N5O2.ClH/c1-21(10-14(22)18-11-5-3-2-4-6-11)16(23)15-12-9-17-8-7-13(12)19-20-15;/h2-6,17H,7-10H2,1H3,(H,18,22)(H,19,20);1H. The molecule has 0 spiro atoms. The molecule has 0 bridgehead atoms. The lowest BCUT2D eigenvalue weighted by Gasteiger charge is -2.18. The Morgan fingerprint density at radius 3 is 2.79 bits per heavy atom. The quantitative estimate of drug-likeness (QED) is 0.773. The number of carbonyl (C=O) groups is 2. The van der Waals surface area contributed by atoms with Crippen molar-refractivity contribution < 1.29 is 9.59 Å². The highest BCUT2D eigenvalue weighted by molar-refractivity contribution is 5.99. The van der Waals surface area contributed by atoms with Crippen molar-refractivity contribution in [2.75, 3.05) is 25.5 Å². The maximum atomic E-state index is 12.5. The largest absolute Gasteiger partial charge is 0.331 e. The van der Waals surface area contributed by atoms with Gasteiger partial charge in [-0.1, -0.05) is 18.2 Å². The second-order valence-electron chi connectivity index (χ2n) is 5.53. The van der Waals surface area contributed by atoms with Gasteiger partial charge in [0.25, 0.3) is 5.91 Å². The van der Waals surface area contributed by atoms with Crippen molar-refractivity contribution in [1.29, 1.82) is 0 Å². The van der Waals surface area contributed by atoms with Crippen LogP contribution in [0.2, 0.25) is 0 Å². The number of hydrogen-bond acceptors (Lipinski definition) is 4. The van der Waals surface area contributed by atoms with Gasteiger partial charge < -0.3 is 15.5 Å². The summed E-state index contributed by atoms with van der Waals surface area (Å²) in [6, 6.07) is 9.16. The smallest absolute Gasteiger partial charge is 0.274 e. The van der Waals surface area contributed by atoms with Crippen LogP contribution < -0.4 is 10.6 Å². The number of H-pyrrole nitrogens is 1. The minimum atomic E-state index is -0.255. The number of carbonyl (C=O) groups excluding carboxylic acids is 2. The molecule has 0 saturated heterocycles. The molecule has 3 N–H and O–H groups in total. The first-order chi connectivity index (χ1) is 11.1. The zero-order valence-corrected chi connectivity index (χ0v) is 14.2. The molecule has 0 radical (unpaired) electrons. The number of anilines is 1. The number of aromatic nitrogens is 2. The fraction of sp³-hybridized carbons (Fsp3) is 0.312. The third-order valence-corrected chi connectivity index (χ3v) is 3.79. The number of fused-ring (bicyclic) bond motifs is 1. The Bertz CT molecular complexity index is 717. The van der Waals surface area contributed by atoms with Crippen molar-refractivity contribution in [3.05, 3.63) is 47.3 Å². The van der Waals surface area contributed by atoms with E-state index in [9.17, 15) is 9.59 Å². The molecule has 1 aliphatic heterocycles. The van der Waals surface area contributed by atoms with E-state index in [1.54, 1.807) is 19.2 Å². The molecule has 1 aromatic heterocycles. The Labute approximate surface area is 146 Å². The van der Waals surface area contributed by atoms with Crippen LogP contribution in [0.25, 0.3) is 0 Å². The van der Waals surface area contributed by atoms with Crippen molar-refractivity contribution in [1.82, 2.24) is 20.4 Å². The molecule has 2 heterocycles. The maximum absolute atomic E-state index is 12.5. The van der Waals surface area contributed by atoms with Gasteiger partial charge in [0, 0.05) is 43.5 Å². The van der Waals surface area contributed by atoms with Crippen LogP contribution in [0, 0.1) is 0 Å². The van der Waals surface area contributed by atoms with Gasteiger partial charge in [0.1, 0.15) is 0 Å². The number of hydrogen-bond donors (Lipinski definition) is 3. The Kier molecular flexibility index (Phi) is 5.94. The molecule has 0 unspecified atom stereocenters. The molecule has 8 heteroatoms. The molecular formula is C16H20ClN5O2. The lowest BCUT2D eigenvalue weighted by molar-refractivity contribution is -0.116. The van der Waals surface area contributed by atoms with E-state index in [4.69, 9.17) is 0 Å². The highest BCUT2D eigenvalue weighted by Crippen LogP contribution is 2.16. The van der Waals surface area contributed by atoms with E-state index in [1.165, 1.54) is 4.90 Å². The highest BCUT2D eigenvalue weighted by Gasteiger charge is 2.24. The SMILES string of the molecule is CN(CC(=O)Nc1ccccc1)C(=O)c1n[nH]c2c1CNCC2.Cl. The maximum Gasteiger partial charge on any atom is 0.274 e. The van der Waals surface area contributed by atoms with Crippen LogP contribution in [0.4, 0.5) is 5.69 Å². The van der Waals surface area contributed by atoms with Crippen LogP contribution in [0.15, 0.2) is 30.3 Å². The lowest BCUT2D eigenvalue weighted by atomic mass is 10.1. The zero-order chi connectivity index (χ0) is 16.2. The van der Waals surface area contributed by atoms with E-state index in [1.807, 2.05) is 18.2 Å². The number of aromatic amines is 1. The number of nitrogens with zero attached hydrogens (tertiary/aromatic N) is 2. The molecule has 1 aliphatic rings. The summed E-state index contributed by atoms with van der Waals surface area (Å²) in [5, 5.41) is 13.0. The molecule has 128 valence electrons. The normalized spacial score (nSPS) is 12.7. The van der Waals surface area contributed by atoms with Gasteiger partial charge in [-0.2, -0.15) is 5.10 Å². The zero-order valence-electron chi connectivity index (χ0n) is 13.3. The van der Waals surface area contributed by atoms with Crippen LogP contribution in [0.1, 0.15) is 21.7 Å². The number of rotatable bonds is 4. The number of amides is 2. The minimum absolute atomic E-state index is 0. The average molecular weight is 350 g/mol. The molecular weight excluding hydrogens is 330 g/mol. The molecule has 0 saturated carbocycles. The van der Waals surface area contributed by atoms with Crippen molar-refractivity contribution in [3.63, 3.8) is 0 Å². The van der Waals surface area contributed by atoms with Gasteiger partial charge in [0.2, 0.25) is 5.91 Å². The second-order valence-corrected chi connectivity index (χ2v) is 5.53. The van der Waals surface area contributed by atoms with E-state index in [2.05, 4.69) is 20.8 Å². The Hall–Kier alpha value is -2.38. The fourth-order valence-electron chi connectivity index (χ4n) is 2.59. The number of nitrogens with one attached hydrogen (secondary N) is 3. The van der Waals surface area contributed by atoms with Crippen molar-refractivity contribution in [2.24, 2.45) is 0 Å². The third kappa shape index (κ3) is 3.93. The number of halogens is 1. The highest BCUT2D eigenvalue weighted by atomic mass is 35.5. The average Bonchev–Trinajstić information content (AvgIpc) is 2.99. The van der Waals surface area contributed by atoms with E-state index < -0.39 is 0 Å². The lowest BCUT2D eigenvalue weighted by Crippen LogP contribution is -2.36. The molecule has 1 aromatic carbocycles. The van der Waals surface area contributed by atoms with Gasteiger partial charge in [0.15, 0.2) is 5.69 Å². The molecule has 2 amide bonds. The first kappa shape index (κ1) is 18.0. The number of benzene rings is 1.